The Morgan fingerprint density at radius 2 is 1.62 bits per heavy atom. The van der Waals surface area contributed by atoms with Crippen molar-refractivity contribution in [3.05, 3.63) is 119 Å². The lowest BCUT2D eigenvalue weighted by Crippen LogP contribution is -2.31. The summed E-state index contributed by atoms with van der Waals surface area (Å²) in [5.74, 6) is -0.278. The Kier molecular flexibility index (Phi) is 8.07. The van der Waals surface area contributed by atoms with Gasteiger partial charge in [0.1, 0.15) is 0 Å². The molecule has 0 aliphatic heterocycles. The van der Waals surface area contributed by atoms with Crippen LogP contribution in [0.3, 0.4) is 0 Å². The molecule has 3 aromatic carbocycles. The maximum atomic E-state index is 13.9. The van der Waals surface area contributed by atoms with E-state index in [4.69, 9.17) is 4.98 Å². The van der Waals surface area contributed by atoms with Gasteiger partial charge in [0.25, 0.3) is 5.91 Å². The highest BCUT2D eigenvalue weighted by Gasteiger charge is 2.26. The fourth-order valence-corrected chi connectivity index (χ4v) is 7.16. The molecule has 0 spiro atoms. The summed E-state index contributed by atoms with van der Waals surface area (Å²) in [6.45, 7) is 6.70. The van der Waals surface area contributed by atoms with Crippen molar-refractivity contribution in [3.63, 3.8) is 0 Å². The Hall–Kier alpha value is -3.92. The second-order valence-corrected chi connectivity index (χ2v) is 12.5. The van der Waals surface area contributed by atoms with Crippen LogP contribution in [0.4, 0.5) is 5.13 Å². The summed E-state index contributed by atoms with van der Waals surface area (Å²) < 4.78 is 29.3. The van der Waals surface area contributed by atoms with E-state index in [1.807, 2.05) is 69.3 Å². The van der Waals surface area contributed by atoms with Crippen molar-refractivity contribution in [1.82, 2.24) is 14.3 Å². The molecule has 0 saturated heterocycles. The van der Waals surface area contributed by atoms with E-state index in [1.54, 1.807) is 23.2 Å². The number of aromatic nitrogens is 2. The predicted octanol–water partition coefficient (Wildman–Crippen LogP) is 6.37. The third kappa shape index (κ3) is 5.82. The van der Waals surface area contributed by atoms with Crippen LogP contribution < -0.4 is 4.90 Å². The Morgan fingerprint density at radius 1 is 0.900 bits per heavy atom. The van der Waals surface area contributed by atoms with Crippen molar-refractivity contribution >= 4 is 42.6 Å². The van der Waals surface area contributed by atoms with E-state index in [1.165, 1.54) is 27.8 Å². The van der Waals surface area contributed by atoms with Gasteiger partial charge in [0.15, 0.2) is 5.13 Å². The Labute approximate surface area is 238 Å². The number of amides is 1. The first-order valence-electron chi connectivity index (χ1n) is 13.0. The molecule has 0 aliphatic carbocycles. The number of fused-ring (bicyclic) bond motifs is 1. The molecular formula is C31H30N4O3S2. The van der Waals surface area contributed by atoms with E-state index in [0.29, 0.717) is 17.2 Å². The van der Waals surface area contributed by atoms with Crippen molar-refractivity contribution in [2.45, 2.75) is 38.8 Å². The maximum Gasteiger partial charge on any atom is 0.260 e. The number of carbonyl (C=O) groups excluding carboxylic acids is 1. The zero-order chi connectivity index (χ0) is 28.3. The van der Waals surface area contributed by atoms with Crippen LogP contribution in [0.25, 0.3) is 10.2 Å². The molecule has 9 heteroatoms. The van der Waals surface area contributed by atoms with Gasteiger partial charge in [-0.3, -0.25) is 14.7 Å². The van der Waals surface area contributed by atoms with Gasteiger partial charge < -0.3 is 0 Å². The fourth-order valence-electron chi connectivity index (χ4n) is 4.58. The van der Waals surface area contributed by atoms with Crippen molar-refractivity contribution < 1.29 is 13.2 Å². The van der Waals surface area contributed by atoms with Gasteiger partial charge in [-0.2, -0.15) is 4.31 Å². The number of thiazole rings is 1. The second-order valence-electron chi connectivity index (χ2n) is 9.58. The molecule has 0 unspecified atom stereocenters. The average Bonchev–Trinajstić information content (AvgIpc) is 3.39. The number of benzene rings is 3. The summed E-state index contributed by atoms with van der Waals surface area (Å²) in [6.07, 6.45) is 1.69. The minimum Gasteiger partial charge on any atom is -0.278 e. The monoisotopic (exact) mass is 570 g/mol. The molecule has 0 N–H and O–H groups in total. The molecule has 2 heterocycles. The minimum atomic E-state index is -3.75. The second kappa shape index (κ2) is 11.7. The van der Waals surface area contributed by atoms with Gasteiger partial charge in [0, 0.05) is 24.8 Å². The molecule has 0 bridgehead atoms. The molecule has 0 atom stereocenters. The van der Waals surface area contributed by atoms with Crippen molar-refractivity contribution in [2.24, 2.45) is 0 Å². The van der Waals surface area contributed by atoms with Crippen molar-refractivity contribution in [1.29, 1.82) is 0 Å². The highest BCUT2D eigenvalue weighted by Crippen LogP contribution is 2.33. The number of rotatable bonds is 9. The van der Waals surface area contributed by atoms with E-state index in [2.05, 4.69) is 17.1 Å². The van der Waals surface area contributed by atoms with Crippen LogP contribution in [-0.4, -0.2) is 35.1 Å². The van der Waals surface area contributed by atoms with Gasteiger partial charge in [-0.1, -0.05) is 60.7 Å². The molecule has 5 aromatic rings. The van der Waals surface area contributed by atoms with Crippen LogP contribution in [0.15, 0.2) is 96.0 Å². The van der Waals surface area contributed by atoms with E-state index in [-0.39, 0.29) is 23.9 Å². The molecule has 0 saturated carbocycles. The third-order valence-electron chi connectivity index (χ3n) is 6.63. The first-order chi connectivity index (χ1) is 19.3. The smallest absolute Gasteiger partial charge is 0.260 e. The number of hydrogen-bond acceptors (Lipinski definition) is 6. The molecular weight excluding hydrogens is 541 g/mol. The Balaban J connectivity index is 1.46. The quantitative estimate of drug-likeness (QED) is 0.206. The third-order valence-corrected chi connectivity index (χ3v) is 9.59. The van der Waals surface area contributed by atoms with Crippen LogP contribution in [0.2, 0.25) is 0 Å². The molecule has 5 rings (SSSR count). The summed E-state index contributed by atoms with van der Waals surface area (Å²) in [6, 6.07) is 25.4. The Bertz CT molecular complexity index is 1740. The van der Waals surface area contributed by atoms with Gasteiger partial charge in [0.2, 0.25) is 10.0 Å². The topological polar surface area (TPSA) is 83.5 Å². The van der Waals surface area contributed by atoms with Crippen LogP contribution in [0, 0.1) is 13.8 Å². The van der Waals surface area contributed by atoms with Crippen molar-refractivity contribution in [3.8, 4) is 0 Å². The standard InChI is InChI=1S/C31H30N4O3S2/c1-4-34(20-24-10-6-5-7-11-24)40(37,38)27-15-13-25(14-16-27)30(36)35(21-26-12-8-9-17-32-26)31-33-29-23(3)18-22(2)19-28(29)39-31/h5-19H,4,20-21H2,1-3H3. The van der Waals surface area contributed by atoms with Crippen molar-refractivity contribution in [2.75, 3.05) is 11.4 Å². The highest BCUT2D eigenvalue weighted by atomic mass is 32.2. The van der Waals surface area contributed by atoms with Crippen LogP contribution in [0.1, 0.15) is 39.7 Å². The van der Waals surface area contributed by atoms with Gasteiger partial charge in [-0.15, -0.1) is 0 Å². The highest BCUT2D eigenvalue weighted by molar-refractivity contribution is 7.89. The number of hydrogen-bond donors (Lipinski definition) is 0. The zero-order valence-corrected chi connectivity index (χ0v) is 24.2. The fraction of sp³-hybridized carbons (Fsp3) is 0.194. The number of pyridine rings is 1. The summed E-state index contributed by atoms with van der Waals surface area (Å²) >= 11 is 1.45. The normalized spacial score (nSPS) is 11.7. The molecule has 0 aliphatic rings. The average molecular weight is 571 g/mol. The molecule has 2 aromatic heterocycles. The van der Waals surface area contributed by atoms with Crippen LogP contribution >= 0.6 is 11.3 Å². The van der Waals surface area contributed by atoms with Gasteiger partial charge >= 0.3 is 0 Å². The summed E-state index contributed by atoms with van der Waals surface area (Å²) in [4.78, 5) is 24.9. The summed E-state index contributed by atoms with van der Waals surface area (Å²) in [5.41, 5.74) is 5.05. The lowest BCUT2D eigenvalue weighted by atomic mass is 10.1. The first-order valence-corrected chi connectivity index (χ1v) is 15.3. The maximum absolute atomic E-state index is 13.9. The summed E-state index contributed by atoms with van der Waals surface area (Å²) in [7, 11) is -3.75. The molecule has 1 amide bonds. The summed E-state index contributed by atoms with van der Waals surface area (Å²) in [5, 5.41) is 0.566. The van der Waals surface area contributed by atoms with E-state index in [0.717, 1.165) is 32.6 Å². The van der Waals surface area contributed by atoms with Gasteiger partial charge in [-0.05, 0) is 73.0 Å². The molecule has 7 nitrogen and oxygen atoms in total. The molecule has 0 fully saturated rings. The molecule has 0 radical (unpaired) electrons. The number of nitrogens with zero attached hydrogens (tertiary/aromatic N) is 4. The van der Waals surface area contributed by atoms with E-state index >= 15 is 0 Å². The number of anilines is 1. The first kappa shape index (κ1) is 27.6. The minimum absolute atomic E-state index is 0.143. The lowest BCUT2D eigenvalue weighted by molar-refractivity contribution is 0.0984. The number of carbonyl (C=O) groups is 1. The molecule has 204 valence electrons. The van der Waals surface area contributed by atoms with E-state index in [9.17, 15) is 13.2 Å². The number of aryl methyl sites for hydroxylation is 2. The van der Waals surface area contributed by atoms with Gasteiger partial charge in [0.05, 0.1) is 27.4 Å². The van der Waals surface area contributed by atoms with Gasteiger partial charge in [-0.25, -0.2) is 13.4 Å². The predicted molar refractivity (Wildman–Crippen MR) is 160 cm³/mol. The largest absolute Gasteiger partial charge is 0.278 e. The molecule has 40 heavy (non-hydrogen) atoms. The van der Waals surface area contributed by atoms with Crippen LogP contribution in [-0.2, 0) is 23.1 Å². The zero-order valence-electron chi connectivity index (χ0n) is 22.6. The van der Waals surface area contributed by atoms with Crippen LogP contribution in [0.5, 0.6) is 0 Å². The SMILES string of the molecule is CCN(Cc1ccccc1)S(=O)(=O)c1ccc(C(=O)N(Cc2ccccn2)c2nc3c(C)cc(C)cc3s2)cc1. The van der Waals surface area contributed by atoms with E-state index < -0.39 is 10.0 Å². The Morgan fingerprint density at radius 3 is 2.30 bits per heavy atom. The number of sulfonamides is 1. The lowest BCUT2D eigenvalue weighted by Gasteiger charge is -2.22.